The Morgan fingerprint density at radius 3 is 0.641 bits per heavy atom. The van der Waals surface area contributed by atoms with Crippen LogP contribution in [0.2, 0.25) is 0 Å². The summed E-state index contributed by atoms with van der Waals surface area (Å²) in [5, 5.41) is 10.1. The first-order valence-corrected chi connectivity index (χ1v) is 35.6. The van der Waals surface area contributed by atoms with Crippen molar-refractivity contribution >= 4 is 87.2 Å². The highest BCUT2D eigenvalue weighted by Gasteiger charge is 2.20. The van der Waals surface area contributed by atoms with E-state index in [4.69, 9.17) is 0 Å². The van der Waals surface area contributed by atoms with Crippen molar-refractivity contribution in [1.29, 1.82) is 0 Å². The number of rotatable bonds is 10. The molecule has 20 rings (SSSR count). The normalized spacial score (nSPS) is 11.6. The third-order valence-corrected chi connectivity index (χ3v) is 21.1. The Morgan fingerprint density at radius 1 is 0.136 bits per heavy atom. The van der Waals surface area contributed by atoms with E-state index in [1.807, 2.05) is 0 Å². The van der Waals surface area contributed by atoms with Gasteiger partial charge in [0.2, 0.25) is 0 Å². The van der Waals surface area contributed by atoms with Crippen LogP contribution in [0, 0.1) is 20.8 Å². The maximum atomic E-state index is 2.40. The Bertz CT molecular complexity index is 6620. The van der Waals surface area contributed by atoms with E-state index in [2.05, 4.69) is 409 Å². The van der Waals surface area contributed by atoms with Gasteiger partial charge in [-0.1, -0.05) is 265 Å². The van der Waals surface area contributed by atoms with Crippen LogP contribution in [-0.2, 0) is 0 Å². The van der Waals surface area contributed by atoms with E-state index in [-0.39, 0.29) is 0 Å². The van der Waals surface area contributed by atoms with Gasteiger partial charge in [-0.25, -0.2) is 0 Å². The molecule has 0 amide bonds. The molecule has 103 heavy (non-hydrogen) atoms. The van der Waals surface area contributed by atoms with Crippen LogP contribution in [0.1, 0.15) is 16.7 Å². The molecule has 4 heterocycles. The lowest BCUT2D eigenvalue weighted by Gasteiger charge is -2.11. The molecule has 0 aliphatic rings. The van der Waals surface area contributed by atoms with Crippen molar-refractivity contribution in [2.45, 2.75) is 20.8 Å². The average molecular weight is 1320 g/mol. The number of fused-ring (bicyclic) bond motifs is 12. The Hall–Kier alpha value is -13.3. The first-order chi connectivity index (χ1) is 50.8. The maximum Gasteiger partial charge on any atom is 0.0541 e. The molecule has 4 aromatic heterocycles. The van der Waals surface area contributed by atoms with E-state index in [0.29, 0.717) is 0 Å². The van der Waals surface area contributed by atoms with Crippen LogP contribution in [0.25, 0.3) is 177 Å². The number of nitrogens with zero attached hydrogens (tertiary/aromatic N) is 4. The van der Waals surface area contributed by atoms with Crippen molar-refractivity contribution in [3.8, 4) is 89.5 Å². The van der Waals surface area contributed by atoms with Crippen LogP contribution in [0.15, 0.2) is 370 Å². The minimum Gasteiger partial charge on any atom is -0.309 e. The molecule has 0 N–H and O–H groups in total. The van der Waals surface area contributed by atoms with Crippen LogP contribution < -0.4 is 0 Å². The van der Waals surface area contributed by atoms with Crippen molar-refractivity contribution in [1.82, 2.24) is 18.3 Å². The van der Waals surface area contributed by atoms with Crippen LogP contribution >= 0.6 is 0 Å². The molecule has 0 fully saturated rings. The monoisotopic (exact) mass is 1310 g/mol. The molecule has 486 valence electrons. The largest absolute Gasteiger partial charge is 0.309 e. The quantitative estimate of drug-likeness (QED) is 0.130. The van der Waals surface area contributed by atoms with E-state index in [1.165, 1.54) is 171 Å². The highest BCUT2D eigenvalue weighted by Crippen LogP contribution is 2.42. The van der Waals surface area contributed by atoms with E-state index in [9.17, 15) is 0 Å². The van der Waals surface area contributed by atoms with Crippen LogP contribution in [0.4, 0.5) is 0 Å². The molecule has 0 unspecified atom stereocenters. The van der Waals surface area contributed by atoms with Gasteiger partial charge in [-0.3, -0.25) is 0 Å². The number of benzene rings is 16. The second-order valence-electron chi connectivity index (χ2n) is 27.5. The van der Waals surface area contributed by atoms with Crippen LogP contribution in [0.5, 0.6) is 0 Å². The molecule has 0 aliphatic heterocycles. The zero-order chi connectivity index (χ0) is 68.7. The Balaban J connectivity index is 0.000000142. The molecular formula is C99H70N4. The van der Waals surface area contributed by atoms with E-state index >= 15 is 0 Å². The fourth-order valence-corrected chi connectivity index (χ4v) is 15.9. The molecule has 0 aliphatic carbocycles. The lowest BCUT2D eigenvalue weighted by molar-refractivity contribution is 1.18. The average Bonchev–Trinajstić information content (AvgIpc) is 1.61. The Morgan fingerprint density at radius 2 is 0.350 bits per heavy atom. The van der Waals surface area contributed by atoms with Gasteiger partial charge in [-0.15, -0.1) is 0 Å². The third-order valence-electron chi connectivity index (χ3n) is 21.1. The molecule has 16 aromatic carbocycles. The second-order valence-corrected chi connectivity index (χ2v) is 27.5. The number of aryl methyl sites for hydroxylation is 3. The Kier molecular flexibility index (Phi) is 14.9. The second kappa shape index (κ2) is 25.2. The molecular weight excluding hydrogens is 1250 g/mol. The topological polar surface area (TPSA) is 19.7 Å². The lowest BCUT2D eigenvalue weighted by atomic mass is 10.0. The summed E-state index contributed by atoms with van der Waals surface area (Å²) in [5.41, 5.74) is 32.9. The van der Waals surface area contributed by atoms with Gasteiger partial charge in [0.15, 0.2) is 0 Å². The zero-order valence-electron chi connectivity index (χ0n) is 57.5. The Labute approximate surface area is 598 Å². The number of hydrogen-bond donors (Lipinski definition) is 0. The number of para-hydroxylation sites is 4. The van der Waals surface area contributed by atoms with Crippen LogP contribution in [-0.4, -0.2) is 18.3 Å². The molecule has 0 atom stereocenters. The molecule has 0 saturated carbocycles. The van der Waals surface area contributed by atoms with Gasteiger partial charge in [-0.05, 0) is 209 Å². The number of hydrogen-bond acceptors (Lipinski definition) is 0. The van der Waals surface area contributed by atoms with Gasteiger partial charge < -0.3 is 18.3 Å². The summed E-state index contributed by atoms with van der Waals surface area (Å²) >= 11 is 0. The fourth-order valence-electron chi connectivity index (χ4n) is 15.9. The summed E-state index contributed by atoms with van der Waals surface area (Å²) in [5.74, 6) is 0. The van der Waals surface area contributed by atoms with Crippen LogP contribution in [0.3, 0.4) is 0 Å². The van der Waals surface area contributed by atoms with E-state index in [1.54, 1.807) is 0 Å². The summed E-state index contributed by atoms with van der Waals surface area (Å²) in [6.07, 6.45) is 0. The maximum absolute atomic E-state index is 2.40. The van der Waals surface area contributed by atoms with Crippen molar-refractivity contribution in [2.75, 3.05) is 0 Å². The van der Waals surface area contributed by atoms with Crippen molar-refractivity contribution < 1.29 is 0 Å². The van der Waals surface area contributed by atoms with Gasteiger partial charge >= 0.3 is 0 Å². The number of aromatic nitrogens is 4. The molecule has 4 nitrogen and oxygen atoms in total. The third kappa shape index (κ3) is 10.8. The molecule has 0 radical (unpaired) electrons. The first-order valence-electron chi connectivity index (χ1n) is 35.6. The fraction of sp³-hybridized carbons (Fsp3) is 0.0303. The highest BCUT2D eigenvalue weighted by atomic mass is 15.0. The zero-order valence-corrected chi connectivity index (χ0v) is 57.5. The van der Waals surface area contributed by atoms with Crippen molar-refractivity contribution in [3.63, 3.8) is 0 Å². The van der Waals surface area contributed by atoms with Gasteiger partial charge in [-0.2, -0.15) is 0 Å². The minimum atomic E-state index is 1.16. The summed E-state index contributed by atoms with van der Waals surface area (Å²) < 4.78 is 9.58. The molecule has 0 bridgehead atoms. The summed E-state index contributed by atoms with van der Waals surface area (Å²) in [7, 11) is 0. The molecule has 4 heteroatoms. The van der Waals surface area contributed by atoms with Crippen molar-refractivity contribution in [3.05, 3.63) is 387 Å². The predicted octanol–water partition coefficient (Wildman–Crippen LogP) is 26.7. The minimum absolute atomic E-state index is 1.16. The smallest absolute Gasteiger partial charge is 0.0541 e. The molecule has 0 spiro atoms. The van der Waals surface area contributed by atoms with Gasteiger partial charge in [0.1, 0.15) is 0 Å². The standard InChI is InChI=1S/C50H36N2.C49H34N2/c1-33-14-16-35(17-15-33)36-18-24-41(25-19-36)51-47-12-5-3-10-43(47)45-31-39(22-28-49(45)51)40-23-29-50-46(32-40)44-11-4-6-13-48(44)52(50)42-26-20-37(21-27-42)38-9-7-8-34(2)30-38;1-33-15-17-35(18-16-33)37-21-27-41(28-22-37)51-47-14-8-6-12-43(47)45-32-39(24-30-49(45)51)38-23-29-48-44(31-38)42-11-5-7-13-46(42)50(48)40-25-19-36(20-26-40)34-9-3-2-4-10-34/h3-32H,1-2H3;2-32H,1H3. The van der Waals surface area contributed by atoms with E-state index < -0.39 is 0 Å². The summed E-state index contributed by atoms with van der Waals surface area (Å²) in [4.78, 5) is 0. The lowest BCUT2D eigenvalue weighted by Crippen LogP contribution is -1.94. The summed E-state index contributed by atoms with van der Waals surface area (Å²) in [6.45, 7) is 6.41. The van der Waals surface area contributed by atoms with Crippen molar-refractivity contribution in [2.24, 2.45) is 0 Å². The SMILES string of the molecule is Cc1ccc(-c2ccc(-n3c4ccccc4c4cc(-c5ccc6c(c5)c5ccccc5n6-c5ccc(-c6cccc(C)c6)cc5)ccc43)cc2)cc1.Cc1ccc(-c2ccc(-n3c4ccccc4c4cc(-c5ccc6c(c5)c5ccccc5n6-c5ccc(-c6ccccc6)cc5)ccc43)cc2)cc1. The van der Waals surface area contributed by atoms with Gasteiger partial charge in [0.25, 0.3) is 0 Å². The highest BCUT2D eigenvalue weighted by molar-refractivity contribution is 6.15. The van der Waals surface area contributed by atoms with E-state index in [0.717, 1.165) is 22.7 Å². The van der Waals surface area contributed by atoms with Gasteiger partial charge in [0.05, 0.1) is 44.1 Å². The molecule has 20 aromatic rings. The summed E-state index contributed by atoms with van der Waals surface area (Å²) in [6, 6.07) is 135. The first kappa shape index (κ1) is 60.9. The predicted molar refractivity (Wildman–Crippen MR) is 437 cm³/mol. The van der Waals surface area contributed by atoms with Gasteiger partial charge in [0, 0.05) is 65.8 Å². The molecule has 0 saturated heterocycles.